The molecule has 2 atom stereocenters. The van der Waals surface area contributed by atoms with Gasteiger partial charge >= 0.3 is 0 Å². The van der Waals surface area contributed by atoms with Gasteiger partial charge in [-0.1, -0.05) is 12.5 Å². The number of rotatable bonds is 5. The summed E-state index contributed by atoms with van der Waals surface area (Å²) in [6.07, 6.45) is 5.43. The number of piperidine rings is 1. The number of nitrogens with zero attached hydrogens (tertiary/aromatic N) is 1. The fraction of sp³-hybridized carbons (Fsp3) is 0.714. The SMILES string of the molecule is CNCCC1CCCCN1C(C)c1cccs1. The molecule has 0 amide bonds. The van der Waals surface area contributed by atoms with Crippen LogP contribution in [0.5, 0.6) is 0 Å². The van der Waals surface area contributed by atoms with Crippen molar-refractivity contribution in [2.45, 2.75) is 44.7 Å². The number of nitrogens with one attached hydrogen (secondary N) is 1. The fourth-order valence-electron chi connectivity index (χ4n) is 2.85. The second-order valence-electron chi connectivity index (χ2n) is 4.97. The standard InChI is InChI=1S/C14H24N2S/c1-12(14-7-5-11-17-14)16-10-4-3-6-13(16)8-9-15-2/h5,7,11-13,15H,3-4,6,8-10H2,1-2H3. The summed E-state index contributed by atoms with van der Waals surface area (Å²) in [7, 11) is 2.05. The Morgan fingerprint density at radius 2 is 2.41 bits per heavy atom. The monoisotopic (exact) mass is 252 g/mol. The summed E-state index contributed by atoms with van der Waals surface area (Å²) in [5.41, 5.74) is 0. The molecule has 1 N–H and O–H groups in total. The highest BCUT2D eigenvalue weighted by Gasteiger charge is 2.27. The highest BCUT2D eigenvalue weighted by atomic mass is 32.1. The Hall–Kier alpha value is -0.380. The molecule has 0 bridgehead atoms. The minimum Gasteiger partial charge on any atom is -0.320 e. The molecule has 2 nitrogen and oxygen atoms in total. The first-order chi connectivity index (χ1) is 8.33. The predicted molar refractivity (Wildman–Crippen MR) is 75.6 cm³/mol. The number of hydrogen-bond acceptors (Lipinski definition) is 3. The van der Waals surface area contributed by atoms with Gasteiger partial charge in [-0.25, -0.2) is 0 Å². The molecule has 2 rings (SSSR count). The molecule has 0 aliphatic carbocycles. The van der Waals surface area contributed by atoms with Crippen molar-refractivity contribution in [1.82, 2.24) is 10.2 Å². The van der Waals surface area contributed by atoms with Gasteiger partial charge < -0.3 is 5.32 Å². The number of likely N-dealkylation sites (tertiary alicyclic amines) is 1. The van der Waals surface area contributed by atoms with Crippen LogP contribution in [0.3, 0.4) is 0 Å². The first kappa shape index (κ1) is 13.1. The van der Waals surface area contributed by atoms with E-state index in [4.69, 9.17) is 0 Å². The molecule has 3 heteroatoms. The topological polar surface area (TPSA) is 15.3 Å². The van der Waals surface area contributed by atoms with Crippen molar-refractivity contribution in [3.63, 3.8) is 0 Å². The molecule has 0 aromatic carbocycles. The number of hydrogen-bond donors (Lipinski definition) is 1. The highest BCUT2D eigenvalue weighted by molar-refractivity contribution is 7.10. The van der Waals surface area contributed by atoms with Crippen LogP contribution in [-0.4, -0.2) is 31.1 Å². The molecule has 1 aromatic rings. The molecule has 17 heavy (non-hydrogen) atoms. The predicted octanol–water partition coefficient (Wildman–Crippen LogP) is 3.27. The minimum atomic E-state index is 0.595. The quantitative estimate of drug-likeness (QED) is 0.865. The summed E-state index contributed by atoms with van der Waals surface area (Å²) in [6.45, 7) is 4.77. The van der Waals surface area contributed by atoms with Crippen molar-refractivity contribution in [3.05, 3.63) is 22.4 Å². The molecule has 0 radical (unpaired) electrons. The molecular formula is C14H24N2S. The Kier molecular flexibility index (Phi) is 5.01. The highest BCUT2D eigenvalue weighted by Crippen LogP contribution is 2.31. The van der Waals surface area contributed by atoms with E-state index in [1.807, 2.05) is 11.3 Å². The average molecular weight is 252 g/mol. The molecule has 1 aromatic heterocycles. The van der Waals surface area contributed by atoms with Crippen molar-refractivity contribution in [2.24, 2.45) is 0 Å². The van der Waals surface area contributed by atoms with Gasteiger partial charge in [0, 0.05) is 17.0 Å². The van der Waals surface area contributed by atoms with Crippen LogP contribution in [0, 0.1) is 0 Å². The van der Waals surface area contributed by atoms with Crippen molar-refractivity contribution >= 4 is 11.3 Å². The molecule has 2 unspecified atom stereocenters. The largest absolute Gasteiger partial charge is 0.320 e. The van der Waals surface area contributed by atoms with Gasteiger partial charge in [0.1, 0.15) is 0 Å². The van der Waals surface area contributed by atoms with Gasteiger partial charge in [0.25, 0.3) is 0 Å². The maximum absolute atomic E-state index is 3.29. The second kappa shape index (κ2) is 6.53. The van der Waals surface area contributed by atoms with Crippen LogP contribution in [-0.2, 0) is 0 Å². The molecule has 0 spiro atoms. The van der Waals surface area contributed by atoms with Gasteiger partial charge in [-0.2, -0.15) is 0 Å². The minimum absolute atomic E-state index is 0.595. The van der Waals surface area contributed by atoms with Crippen molar-refractivity contribution in [3.8, 4) is 0 Å². The van der Waals surface area contributed by atoms with E-state index in [2.05, 4.69) is 41.7 Å². The summed E-state index contributed by atoms with van der Waals surface area (Å²) >= 11 is 1.89. The van der Waals surface area contributed by atoms with Crippen LogP contribution in [0.25, 0.3) is 0 Å². The third-order valence-corrected chi connectivity index (χ3v) is 4.90. The zero-order valence-corrected chi connectivity index (χ0v) is 11.8. The van der Waals surface area contributed by atoms with E-state index >= 15 is 0 Å². The third-order valence-electron chi connectivity index (χ3n) is 3.85. The maximum Gasteiger partial charge on any atom is 0.0416 e. The smallest absolute Gasteiger partial charge is 0.0416 e. The summed E-state index contributed by atoms with van der Waals surface area (Å²) in [6, 6.07) is 5.81. The Labute approximate surface area is 109 Å². The van der Waals surface area contributed by atoms with E-state index in [1.165, 1.54) is 37.1 Å². The normalized spacial score (nSPS) is 23.8. The summed E-state index contributed by atoms with van der Waals surface area (Å²) < 4.78 is 0. The van der Waals surface area contributed by atoms with E-state index < -0.39 is 0 Å². The van der Waals surface area contributed by atoms with Crippen molar-refractivity contribution < 1.29 is 0 Å². The average Bonchev–Trinajstić information content (AvgIpc) is 2.89. The Balaban J connectivity index is 2.00. The van der Waals surface area contributed by atoms with Crippen molar-refractivity contribution in [1.29, 1.82) is 0 Å². The van der Waals surface area contributed by atoms with Crippen LogP contribution in [0.1, 0.15) is 43.5 Å². The van der Waals surface area contributed by atoms with E-state index in [-0.39, 0.29) is 0 Å². The molecule has 1 aliphatic rings. The molecule has 0 saturated carbocycles. The first-order valence-electron chi connectivity index (χ1n) is 6.76. The van der Waals surface area contributed by atoms with Gasteiger partial charge in [0.15, 0.2) is 0 Å². The molecule has 1 fully saturated rings. The lowest BCUT2D eigenvalue weighted by Gasteiger charge is -2.39. The lowest BCUT2D eigenvalue weighted by Crippen LogP contribution is -2.42. The summed E-state index contributed by atoms with van der Waals surface area (Å²) in [4.78, 5) is 4.23. The fourth-order valence-corrected chi connectivity index (χ4v) is 3.65. The van der Waals surface area contributed by atoms with Gasteiger partial charge in [-0.3, -0.25) is 4.90 Å². The van der Waals surface area contributed by atoms with Crippen molar-refractivity contribution in [2.75, 3.05) is 20.1 Å². The maximum atomic E-state index is 3.29. The van der Waals surface area contributed by atoms with E-state index in [0.717, 1.165) is 12.6 Å². The lowest BCUT2D eigenvalue weighted by molar-refractivity contribution is 0.0988. The first-order valence-corrected chi connectivity index (χ1v) is 7.64. The number of thiophene rings is 1. The third kappa shape index (κ3) is 3.30. The van der Waals surface area contributed by atoms with Gasteiger partial charge in [0.2, 0.25) is 0 Å². The van der Waals surface area contributed by atoms with Gasteiger partial charge in [-0.15, -0.1) is 11.3 Å². The lowest BCUT2D eigenvalue weighted by atomic mass is 9.97. The molecule has 1 saturated heterocycles. The van der Waals surface area contributed by atoms with Crippen LogP contribution in [0.4, 0.5) is 0 Å². The molecule has 2 heterocycles. The molecule has 96 valence electrons. The van der Waals surface area contributed by atoms with Crippen LogP contribution in [0.15, 0.2) is 17.5 Å². The Morgan fingerprint density at radius 3 is 3.12 bits per heavy atom. The van der Waals surface area contributed by atoms with Gasteiger partial charge in [0.05, 0.1) is 0 Å². The van der Waals surface area contributed by atoms with Crippen LogP contribution >= 0.6 is 11.3 Å². The molecular weight excluding hydrogens is 228 g/mol. The van der Waals surface area contributed by atoms with Crippen LogP contribution in [0.2, 0.25) is 0 Å². The van der Waals surface area contributed by atoms with E-state index in [1.54, 1.807) is 0 Å². The van der Waals surface area contributed by atoms with Crippen LogP contribution < -0.4 is 5.32 Å². The summed E-state index contributed by atoms with van der Waals surface area (Å²) in [5.74, 6) is 0. The van der Waals surface area contributed by atoms with E-state index in [9.17, 15) is 0 Å². The Bertz CT molecular complexity index is 310. The Morgan fingerprint density at radius 1 is 1.53 bits per heavy atom. The second-order valence-corrected chi connectivity index (χ2v) is 5.95. The summed E-state index contributed by atoms with van der Waals surface area (Å²) in [5, 5.41) is 5.48. The van der Waals surface area contributed by atoms with E-state index in [0.29, 0.717) is 6.04 Å². The zero-order chi connectivity index (χ0) is 12.1. The molecule has 1 aliphatic heterocycles. The van der Waals surface area contributed by atoms with Gasteiger partial charge in [-0.05, 0) is 57.8 Å². The zero-order valence-electron chi connectivity index (χ0n) is 11.0.